The zero-order valence-corrected chi connectivity index (χ0v) is 13.9. The maximum atomic E-state index is 11.0. The molecule has 0 saturated carbocycles. The highest BCUT2D eigenvalue weighted by Gasteiger charge is 2.11. The molecule has 124 valence electrons. The van der Waals surface area contributed by atoms with E-state index in [1.807, 2.05) is 0 Å². The second kappa shape index (κ2) is 18.4. The standard InChI is InChI=1S/C12H22O5.2C2H4/c1-5-11(13)16-7-9(3)15-8-10(4)17-12(14)6-2;2*1-2/h9-10H,5-8H2,1-4H3;2*1-2H2. The van der Waals surface area contributed by atoms with Gasteiger partial charge in [-0.25, -0.2) is 0 Å². The van der Waals surface area contributed by atoms with Gasteiger partial charge in [0.1, 0.15) is 12.7 Å². The number of rotatable bonds is 8. The van der Waals surface area contributed by atoms with Crippen molar-refractivity contribution in [2.45, 2.75) is 52.7 Å². The quantitative estimate of drug-likeness (QED) is 0.508. The Morgan fingerprint density at radius 1 is 0.857 bits per heavy atom. The van der Waals surface area contributed by atoms with E-state index >= 15 is 0 Å². The first-order valence-corrected chi connectivity index (χ1v) is 6.96. The van der Waals surface area contributed by atoms with Crippen molar-refractivity contribution in [3.05, 3.63) is 26.3 Å². The third kappa shape index (κ3) is 18.4. The molecule has 0 bridgehead atoms. The van der Waals surface area contributed by atoms with Crippen LogP contribution in [0.3, 0.4) is 0 Å². The van der Waals surface area contributed by atoms with Gasteiger partial charge >= 0.3 is 11.9 Å². The van der Waals surface area contributed by atoms with Crippen LogP contribution in [0.4, 0.5) is 0 Å². The van der Waals surface area contributed by atoms with E-state index in [2.05, 4.69) is 26.3 Å². The van der Waals surface area contributed by atoms with Gasteiger partial charge in [-0.2, -0.15) is 0 Å². The summed E-state index contributed by atoms with van der Waals surface area (Å²) in [5, 5.41) is 0. The smallest absolute Gasteiger partial charge is 0.305 e. The van der Waals surface area contributed by atoms with Gasteiger partial charge < -0.3 is 14.2 Å². The molecular weight excluding hydrogens is 272 g/mol. The number of hydrogen-bond donors (Lipinski definition) is 0. The predicted molar refractivity (Wildman–Crippen MR) is 85.0 cm³/mol. The van der Waals surface area contributed by atoms with E-state index in [1.165, 1.54) is 0 Å². The highest BCUT2D eigenvalue weighted by Crippen LogP contribution is 2.00. The van der Waals surface area contributed by atoms with Crippen molar-refractivity contribution in [3.8, 4) is 0 Å². The molecule has 2 unspecified atom stereocenters. The van der Waals surface area contributed by atoms with Gasteiger partial charge in [0.05, 0.1) is 12.7 Å². The molecule has 0 radical (unpaired) electrons. The van der Waals surface area contributed by atoms with Gasteiger partial charge in [-0.3, -0.25) is 9.59 Å². The van der Waals surface area contributed by atoms with E-state index in [4.69, 9.17) is 14.2 Å². The Bertz CT molecular complexity index is 263. The van der Waals surface area contributed by atoms with E-state index in [0.29, 0.717) is 19.4 Å². The summed E-state index contributed by atoms with van der Waals surface area (Å²) >= 11 is 0. The van der Waals surface area contributed by atoms with E-state index in [0.717, 1.165) is 0 Å². The molecule has 0 rings (SSSR count). The fourth-order valence-corrected chi connectivity index (χ4v) is 1.00. The minimum atomic E-state index is -0.285. The Balaban J connectivity index is -0.000000739. The van der Waals surface area contributed by atoms with Crippen molar-refractivity contribution >= 4 is 11.9 Å². The molecule has 0 heterocycles. The lowest BCUT2D eigenvalue weighted by molar-refractivity contribution is -0.154. The first kappa shape index (κ1) is 24.4. The molecule has 0 fully saturated rings. The van der Waals surface area contributed by atoms with Crippen molar-refractivity contribution in [2.24, 2.45) is 0 Å². The van der Waals surface area contributed by atoms with E-state index in [-0.39, 0.29) is 30.8 Å². The van der Waals surface area contributed by atoms with Crippen LogP contribution in [0.15, 0.2) is 26.3 Å². The molecule has 0 saturated heterocycles. The van der Waals surface area contributed by atoms with Crippen LogP contribution in [0.1, 0.15) is 40.5 Å². The molecule has 0 aliphatic heterocycles. The van der Waals surface area contributed by atoms with Gasteiger partial charge in [0, 0.05) is 12.8 Å². The first-order chi connectivity index (χ1) is 9.99. The monoisotopic (exact) mass is 302 g/mol. The van der Waals surface area contributed by atoms with Crippen molar-refractivity contribution in [2.75, 3.05) is 13.2 Å². The summed E-state index contributed by atoms with van der Waals surface area (Å²) in [6, 6.07) is 0. The van der Waals surface area contributed by atoms with Crippen molar-refractivity contribution in [1.82, 2.24) is 0 Å². The number of carbonyl (C=O) groups excluding carboxylic acids is 2. The highest BCUT2D eigenvalue weighted by molar-refractivity contribution is 5.69. The maximum absolute atomic E-state index is 11.0. The van der Waals surface area contributed by atoms with E-state index in [1.54, 1.807) is 27.7 Å². The minimum Gasteiger partial charge on any atom is -0.463 e. The summed E-state index contributed by atoms with van der Waals surface area (Å²) in [5.74, 6) is -0.489. The topological polar surface area (TPSA) is 61.8 Å². The van der Waals surface area contributed by atoms with Gasteiger partial charge in [-0.1, -0.05) is 13.8 Å². The molecule has 0 aliphatic rings. The van der Waals surface area contributed by atoms with E-state index in [9.17, 15) is 9.59 Å². The van der Waals surface area contributed by atoms with Crippen molar-refractivity contribution in [3.63, 3.8) is 0 Å². The van der Waals surface area contributed by atoms with Gasteiger partial charge in [-0.15, -0.1) is 26.3 Å². The molecule has 21 heavy (non-hydrogen) atoms. The summed E-state index contributed by atoms with van der Waals surface area (Å²) < 4.78 is 15.3. The second-order valence-corrected chi connectivity index (χ2v) is 3.83. The average Bonchev–Trinajstić information content (AvgIpc) is 2.54. The normalized spacial score (nSPS) is 11.6. The molecule has 0 N–H and O–H groups in total. The minimum absolute atomic E-state index is 0.201. The van der Waals surface area contributed by atoms with Crippen LogP contribution in [0.5, 0.6) is 0 Å². The summed E-state index contributed by atoms with van der Waals surface area (Å²) in [4.78, 5) is 21.9. The maximum Gasteiger partial charge on any atom is 0.305 e. The van der Waals surface area contributed by atoms with Crippen molar-refractivity contribution in [1.29, 1.82) is 0 Å². The molecule has 2 atom stereocenters. The summed E-state index contributed by atoms with van der Waals surface area (Å²) in [6.45, 7) is 19.6. The zero-order valence-electron chi connectivity index (χ0n) is 13.9. The highest BCUT2D eigenvalue weighted by atomic mass is 16.6. The first-order valence-electron chi connectivity index (χ1n) is 6.96. The number of ether oxygens (including phenoxy) is 3. The Labute approximate surface area is 129 Å². The predicted octanol–water partition coefficient (Wildman–Crippen LogP) is 3.29. The molecule has 0 aliphatic carbocycles. The van der Waals surface area contributed by atoms with Crippen LogP contribution >= 0.6 is 0 Å². The molecule has 5 nitrogen and oxygen atoms in total. The van der Waals surface area contributed by atoms with Crippen LogP contribution in [0.2, 0.25) is 0 Å². The second-order valence-electron chi connectivity index (χ2n) is 3.83. The summed E-state index contributed by atoms with van der Waals surface area (Å²) in [7, 11) is 0. The molecule has 0 aromatic heterocycles. The molecule has 0 spiro atoms. The Hall–Kier alpha value is -1.62. The number of carbonyl (C=O) groups is 2. The van der Waals surface area contributed by atoms with Crippen LogP contribution in [0, 0.1) is 0 Å². The number of esters is 2. The zero-order chi connectivity index (χ0) is 17.3. The molecule has 0 aromatic carbocycles. The fraction of sp³-hybridized carbons (Fsp3) is 0.625. The lowest BCUT2D eigenvalue weighted by Gasteiger charge is -2.17. The van der Waals surface area contributed by atoms with Crippen LogP contribution in [-0.4, -0.2) is 37.4 Å². The molecule has 0 amide bonds. The fourth-order valence-electron chi connectivity index (χ4n) is 1.00. The van der Waals surface area contributed by atoms with Gasteiger partial charge in [0.15, 0.2) is 0 Å². The molecular formula is C16H30O5. The Morgan fingerprint density at radius 3 is 1.76 bits per heavy atom. The van der Waals surface area contributed by atoms with Gasteiger partial charge in [-0.05, 0) is 13.8 Å². The van der Waals surface area contributed by atoms with Crippen LogP contribution in [0.25, 0.3) is 0 Å². The van der Waals surface area contributed by atoms with E-state index < -0.39 is 0 Å². The third-order valence-corrected chi connectivity index (χ3v) is 2.00. The lowest BCUT2D eigenvalue weighted by atomic mass is 10.4. The summed E-state index contributed by atoms with van der Waals surface area (Å²) in [5.41, 5.74) is 0. The Kier molecular flexibility index (Phi) is 21.4. The van der Waals surface area contributed by atoms with Crippen LogP contribution < -0.4 is 0 Å². The van der Waals surface area contributed by atoms with Gasteiger partial charge in [0.2, 0.25) is 0 Å². The molecule has 0 aromatic rings. The third-order valence-electron chi connectivity index (χ3n) is 2.00. The summed E-state index contributed by atoms with van der Waals surface area (Å²) in [6.07, 6.45) is 0.227. The van der Waals surface area contributed by atoms with Gasteiger partial charge in [0.25, 0.3) is 0 Å². The lowest BCUT2D eigenvalue weighted by Crippen LogP contribution is -2.25. The SMILES string of the molecule is C=C.C=C.CCC(=O)OCC(C)OCC(C)OC(=O)CC. The molecule has 5 heteroatoms. The average molecular weight is 302 g/mol. The number of hydrogen-bond acceptors (Lipinski definition) is 5. The largest absolute Gasteiger partial charge is 0.463 e. The van der Waals surface area contributed by atoms with Crippen molar-refractivity contribution < 1.29 is 23.8 Å². The Morgan fingerprint density at radius 2 is 1.33 bits per heavy atom. The van der Waals surface area contributed by atoms with Crippen LogP contribution in [-0.2, 0) is 23.8 Å².